The van der Waals surface area contributed by atoms with E-state index in [1.54, 1.807) is 0 Å². The van der Waals surface area contributed by atoms with Crippen LogP contribution in [0.4, 0.5) is 0 Å². The molecule has 0 fully saturated rings. The highest BCUT2D eigenvalue weighted by atomic mass is 17.1. The Morgan fingerprint density at radius 3 is 2.00 bits per heavy atom. The molecule has 0 heterocycles. The maximum absolute atomic E-state index is 10.6. The maximum atomic E-state index is 10.6. The summed E-state index contributed by atoms with van der Waals surface area (Å²) in [6.45, 7) is 2.23. The monoisotopic (exact) mass is 312 g/mol. The molecule has 0 aliphatic carbocycles. The van der Waals surface area contributed by atoms with Crippen LogP contribution in [0.25, 0.3) is 0 Å². The van der Waals surface area contributed by atoms with Crippen molar-refractivity contribution in [3.63, 3.8) is 0 Å². The third-order valence-electron chi connectivity index (χ3n) is 3.60. The first kappa shape index (κ1) is 20.9. The van der Waals surface area contributed by atoms with Gasteiger partial charge in [-0.25, -0.2) is 9.68 Å². The summed E-state index contributed by atoms with van der Waals surface area (Å²) in [5.74, 6) is -1.10. The fourth-order valence-electron chi connectivity index (χ4n) is 2.21. The van der Waals surface area contributed by atoms with Gasteiger partial charge in [-0.1, -0.05) is 69.8 Å². The van der Waals surface area contributed by atoms with Gasteiger partial charge in [0.05, 0.1) is 0 Å². The van der Waals surface area contributed by atoms with Crippen LogP contribution >= 0.6 is 0 Å². The van der Waals surface area contributed by atoms with Crippen LogP contribution in [0.1, 0.15) is 77.6 Å². The van der Waals surface area contributed by atoms with Crippen LogP contribution in [0.2, 0.25) is 0 Å². The third kappa shape index (κ3) is 13.8. The molecule has 1 atom stereocenters. The van der Waals surface area contributed by atoms with Gasteiger partial charge in [0.15, 0.2) is 6.10 Å². The van der Waals surface area contributed by atoms with Crippen LogP contribution in [-0.2, 0) is 9.68 Å². The number of hydrogen-bond acceptors (Lipinski definition) is 3. The summed E-state index contributed by atoms with van der Waals surface area (Å²) in [7, 11) is 0. The van der Waals surface area contributed by atoms with Gasteiger partial charge in [0, 0.05) is 0 Å². The minimum Gasteiger partial charge on any atom is -0.479 e. The lowest BCUT2D eigenvalue weighted by Crippen LogP contribution is -2.22. The van der Waals surface area contributed by atoms with Crippen molar-refractivity contribution in [3.8, 4) is 0 Å². The fourth-order valence-corrected chi connectivity index (χ4v) is 2.21. The van der Waals surface area contributed by atoms with Crippen molar-refractivity contribution in [3.05, 3.63) is 24.3 Å². The molecule has 128 valence electrons. The van der Waals surface area contributed by atoms with E-state index in [2.05, 4.69) is 36.1 Å². The topological polar surface area (TPSA) is 66.8 Å². The molecular formula is C18H32O4. The van der Waals surface area contributed by atoms with E-state index in [1.807, 2.05) is 0 Å². The van der Waals surface area contributed by atoms with Gasteiger partial charge in [-0.3, -0.25) is 5.26 Å². The van der Waals surface area contributed by atoms with Crippen LogP contribution in [0.15, 0.2) is 24.3 Å². The SMILES string of the molecule is CCCCCCC=CC=CCCCCCCC(OO)C(=O)O. The zero-order valence-electron chi connectivity index (χ0n) is 13.9. The van der Waals surface area contributed by atoms with E-state index in [1.165, 1.54) is 32.1 Å². The summed E-state index contributed by atoms with van der Waals surface area (Å²) in [5.41, 5.74) is 0. The molecule has 4 nitrogen and oxygen atoms in total. The minimum absolute atomic E-state index is 0.364. The fraction of sp³-hybridized carbons (Fsp3) is 0.722. The molecule has 0 saturated carbocycles. The molecule has 0 radical (unpaired) electrons. The second-order valence-electron chi connectivity index (χ2n) is 5.63. The van der Waals surface area contributed by atoms with Crippen molar-refractivity contribution in [1.82, 2.24) is 0 Å². The number of carbonyl (C=O) groups is 1. The predicted octanol–water partition coefficient (Wildman–Crippen LogP) is 5.35. The van der Waals surface area contributed by atoms with Crippen LogP contribution in [0.3, 0.4) is 0 Å². The van der Waals surface area contributed by atoms with Crippen molar-refractivity contribution in [1.29, 1.82) is 0 Å². The number of carboxylic acid groups (broad SMARTS) is 1. The number of carboxylic acids is 1. The Bertz CT molecular complexity index is 310. The quantitative estimate of drug-likeness (QED) is 0.185. The zero-order chi connectivity index (χ0) is 16.5. The molecule has 1 unspecified atom stereocenters. The minimum atomic E-state index is -1.10. The Morgan fingerprint density at radius 2 is 1.50 bits per heavy atom. The zero-order valence-corrected chi connectivity index (χ0v) is 13.9. The van der Waals surface area contributed by atoms with Crippen LogP contribution in [-0.4, -0.2) is 22.4 Å². The van der Waals surface area contributed by atoms with Crippen LogP contribution in [0, 0.1) is 0 Å². The lowest BCUT2D eigenvalue weighted by molar-refractivity contribution is -0.277. The van der Waals surface area contributed by atoms with E-state index in [0.717, 1.165) is 32.1 Å². The molecule has 0 amide bonds. The molecule has 0 aromatic rings. The summed E-state index contributed by atoms with van der Waals surface area (Å²) in [6.07, 6.45) is 19.3. The van der Waals surface area contributed by atoms with Crippen molar-refractivity contribution in [2.75, 3.05) is 0 Å². The Hall–Kier alpha value is -1.13. The molecule has 0 aromatic carbocycles. The molecule has 0 bridgehead atoms. The molecule has 22 heavy (non-hydrogen) atoms. The molecule has 4 heteroatoms. The maximum Gasteiger partial charge on any atom is 0.336 e. The summed E-state index contributed by atoms with van der Waals surface area (Å²) < 4.78 is 0. The molecule has 0 rings (SSSR count). The molecule has 0 aromatic heterocycles. The van der Waals surface area contributed by atoms with Crippen LogP contribution < -0.4 is 0 Å². The van der Waals surface area contributed by atoms with Gasteiger partial charge in [-0.15, -0.1) is 0 Å². The first-order valence-electron chi connectivity index (χ1n) is 8.57. The Balaban J connectivity index is 3.36. The van der Waals surface area contributed by atoms with Gasteiger partial charge in [-0.05, 0) is 32.1 Å². The largest absolute Gasteiger partial charge is 0.479 e. The van der Waals surface area contributed by atoms with Gasteiger partial charge < -0.3 is 5.11 Å². The summed E-state index contributed by atoms with van der Waals surface area (Å²) in [5, 5.41) is 17.1. The number of unbranched alkanes of at least 4 members (excludes halogenated alkanes) is 8. The van der Waals surface area contributed by atoms with Crippen molar-refractivity contribution in [2.45, 2.75) is 83.7 Å². The third-order valence-corrected chi connectivity index (χ3v) is 3.60. The standard InChI is InChI=1S/C18H32O4/c1-2-3-4-5-6-7-8-9-10-11-12-13-14-15-16-17(22-21)18(19)20/h7-10,17,21H,2-6,11-16H2,1H3,(H,19,20). The highest BCUT2D eigenvalue weighted by molar-refractivity contribution is 5.72. The van der Waals surface area contributed by atoms with Crippen molar-refractivity contribution >= 4 is 5.97 Å². The Kier molecular flexibility index (Phi) is 15.4. The highest BCUT2D eigenvalue weighted by Crippen LogP contribution is 2.09. The predicted molar refractivity (Wildman–Crippen MR) is 89.9 cm³/mol. The molecular weight excluding hydrogens is 280 g/mol. The average Bonchev–Trinajstić information content (AvgIpc) is 2.51. The van der Waals surface area contributed by atoms with Gasteiger partial charge in [0.25, 0.3) is 0 Å². The smallest absolute Gasteiger partial charge is 0.336 e. The molecule has 0 spiro atoms. The Labute approximate surface area is 134 Å². The van der Waals surface area contributed by atoms with Gasteiger partial charge in [0.2, 0.25) is 0 Å². The number of aliphatic carboxylic acids is 1. The van der Waals surface area contributed by atoms with Crippen molar-refractivity contribution in [2.24, 2.45) is 0 Å². The highest BCUT2D eigenvalue weighted by Gasteiger charge is 2.16. The van der Waals surface area contributed by atoms with Gasteiger partial charge in [-0.2, -0.15) is 0 Å². The van der Waals surface area contributed by atoms with E-state index in [-0.39, 0.29) is 0 Å². The van der Waals surface area contributed by atoms with E-state index >= 15 is 0 Å². The normalized spacial score (nSPS) is 13.2. The number of rotatable bonds is 15. The Morgan fingerprint density at radius 1 is 0.955 bits per heavy atom. The number of hydrogen-bond donors (Lipinski definition) is 2. The second-order valence-corrected chi connectivity index (χ2v) is 5.63. The molecule has 0 saturated heterocycles. The molecule has 2 N–H and O–H groups in total. The van der Waals surface area contributed by atoms with E-state index in [9.17, 15) is 4.79 Å². The molecule has 0 aliphatic rings. The van der Waals surface area contributed by atoms with Crippen LogP contribution in [0.5, 0.6) is 0 Å². The van der Waals surface area contributed by atoms with E-state index in [0.29, 0.717) is 6.42 Å². The van der Waals surface area contributed by atoms with E-state index in [4.69, 9.17) is 10.4 Å². The summed E-state index contributed by atoms with van der Waals surface area (Å²) >= 11 is 0. The first-order valence-corrected chi connectivity index (χ1v) is 8.57. The van der Waals surface area contributed by atoms with Crippen molar-refractivity contribution < 1.29 is 20.0 Å². The lowest BCUT2D eigenvalue weighted by atomic mass is 10.1. The summed E-state index contributed by atoms with van der Waals surface area (Å²) in [4.78, 5) is 14.5. The lowest BCUT2D eigenvalue weighted by Gasteiger charge is -2.07. The number of allylic oxidation sites excluding steroid dienone is 4. The van der Waals surface area contributed by atoms with E-state index < -0.39 is 12.1 Å². The summed E-state index contributed by atoms with van der Waals surface area (Å²) in [6, 6.07) is 0. The van der Waals surface area contributed by atoms with Gasteiger partial charge in [0.1, 0.15) is 0 Å². The average molecular weight is 312 g/mol. The first-order chi connectivity index (χ1) is 10.7. The van der Waals surface area contributed by atoms with Gasteiger partial charge >= 0.3 is 5.97 Å². The second kappa shape index (κ2) is 16.2. The molecule has 0 aliphatic heterocycles.